The molecule has 0 amide bonds. The number of hydrogen-bond acceptors (Lipinski definition) is 2. The molecule has 2 rings (SSSR count). The van der Waals surface area contributed by atoms with Crippen molar-refractivity contribution in [2.45, 2.75) is 25.8 Å². The van der Waals surface area contributed by atoms with Crippen molar-refractivity contribution >= 4 is 0 Å². The highest BCUT2D eigenvalue weighted by molar-refractivity contribution is 5.65. The van der Waals surface area contributed by atoms with Crippen LogP contribution in [0, 0.1) is 5.82 Å². The summed E-state index contributed by atoms with van der Waals surface area (Å²) in [6, 6.07) is 13.8. The van der Waals surface area contributed by atoms with E-state index in [0.29, 0.717) is 6.04 Å². The minimum atomic E-state index is -0.329. The third kappa shape index (κ3) is 4.05. The van der Waals surface area contributed by atoms with E-state index in [2.05, 4.69) is 24.4 Å². The first-order valence-corrected chi connectivity index (χ1v) is 7.24. The van der Waals surface area contributed by atoms with E-state index in [-0.39, 0.29) is 11.6 Å². The Morgan fingerprint density at radius 1 is 1.14 bits per heavy atom. The first-order valence-electron chi connectivity index (χ1n) is 7.24. The summed E-state index contributed by atoms with van der Waals surface area (Å²) in [5.74, 6) is -0.0537. The van der Waals surface area contributed by atoms with Gasteiger partial charge < -0.3 is 10.1 Å². The Kier molecular flexibility index (Phi) is 5.34. The van der Waals surface area contributed by atoms with Gasteiger partial charge in [0.2, 0.25) is 0 Å². The molecule has 0 heterocycles. The molecule has 2 aromatic rings. The molecule has 1 unspecified atom stereocenters. The lowest BCUT2D eigenvalue weighted by Gasteiger charge is -2.11. The average Bonchev–Trinajstić information content (AvgIpc) is 2.52. The molecule has 2 nitrogen and oxygen atoms in total. The van der Waals surface area contributed by atoms with Crippen LogP contribution in [0.3, 0.4) is 0 Å². The Morgan fingerprint density at radius 2 is 1.90 bits per heavy atom. The van der Waals surface area contributed by atoms with Gasteiger partial charge in [-0.15, -0.1) is 0 Å². The van der Waals surface area contributed by atoms with Gasteiger partial charge in [0.15, 0.2) is 11.6 Å². The van der Waals surface area contributed by atoms with Crippen molar-refractivity contribution in [2.75, 3.05) is 14.2 Å². The van der Waals surface area contributed by atoms with Crippen molar-refractivity contribution in [3.05, 3.63) is 53.8 Å². The predicted octanol–water partition coefficient (Wildman–Crippen LogP) is 4.04. The van der Waals surface area contributed by atoms with Gasteiger partial charge >= 0.3 is 0 Å². The summed E-state index contributed by atoms with van der Waals surface area (Å²) in [7, 11) is 3.45. The number of rotatable bonds is 6. The maximum absolute atomic E-state index is 13.8. The predicted molar refractivity (Wildman–Crippen MR) is 85.2 cm³/mol. The highest BCUT2D eigenvalue weighted by Gasteiger charge is 2.06. The fourth-order valence-corrected chi connectivity index (χ4v) is 2.28. The minimum absolute atomic E-state index is 0.276. The molecule has 0 saturated heterocycles. The van der Waals surface area contributed by atoms with E-state index in [0.717, 1.165) is 24.0 Å². The van der Waals surface area contributed by atoms with Gasteiger partial charge in [-0.05, 0) is 55.6 Å². The molecule has 1 atom stereocenters. The summed E-state index contributed by atoms with van der Waals surface area (Å²) >= 11 is 0. The molecular formula is C18H22FNO. The van der Waals surface area contributed by atoms with E-state index in [9.17, 15) is 4.39 Å². The Hall–Kier alpha value is -1.87. The van der Waals surface area contributed by atoms with Gasteiger partial charge in [0.05, 0.1) is 7.11 Å². The summed E-state index contributed by atoms with van der Waals surface area (Å²) in [4.78, 5) is 0. The standard InChI is InChI=1S/C18H22FNO/c1-13(20-2)7-8-14-5-4-6-15(11-14)16-9-10-18(21-3)17(19)12-16/h4-6,9-13,20H,7-8H2,1-3H3. The van der Waals surface area contributed by atoms with E-state index in [1.165, 1.54) is 18.7 Å². The van der Waals surface area contributed by atoms with Crippen molar-refractivity contribution in [3.8, 4) is 16.9 Å². The number of methoxy groups -OCH3 is 1. The molecule has 0 aromatic heterocycles. The second-order valence-electron chi connectivity index (χ2n) is 5.28. The van der Waals surface area contributed by atoms with Crippen LogP contribution < -0.4 is 10.1 Å². The van der Waals surface area contributed by atoms with Crippen LogP contribution >= 0.6 is 0 Å². The number of ether oxygens (including phenoxy) is 1. The zero-order valence-electron chi connectivity index (χ0n) is 12.8. The molecule has 21 heavy (non-hydrogen) atoms. The SMILES string of the molecule is CNC(C)CCc1cccc(-c2ccc(OC)c(F)c2)c1. The topological polar surface area (TPSA) is 21.3 Å². The van der Waals surface area contributed by atoms with Crippen molar-refractivity contribution in [2.24, 2.45) is 0 Å². The zero-order chi connectivity index (χ0) is 15.2. The van der Waals surface area contributed by atoms with Crippen LogP contribution in [0.1, 0.15) is 18.9 Å². The van der Waals surface area contributed by atoms with Crippen LogP contribution in [0.5, 0.6) is 5.75 Å². The Labute approximate surface area is 126 Å². The third-order valence-corrected chi connectivity index (χ3v) is 3.77. The number of benzene rings is 2. The Bertz CT molecular complexity index is 598. The molecule has 0 spiro atoms. The molecule has 0 fully saturated rings. The highest BCUT2D eigenvalue weighted by atomic mass is 19.1. The summed E-state index contributed by atoms with van der Waals surface area (Å²) in [6.45, 7) is 2.17. The van der Waals surface area contributed by atoms with Crippen molar-refractivity contribution in [1.82, 2.24) is 5.32 Å². The molecule has 112 valence electrons. The monoisotopic (exact) mass is 287 g/mol. The molecule has 0 aliphatic carbocycles. The second kappa shape index (κ2) is 7.23. The van der Waals surface area contributed by atoms with E-state index >= 15 is 0 Å². The van der Waals surface area contributed by atoms with Crippen LogP contribution in [-0.4, -0.2) is 20.2 Å². The largest absolute Gasteiger partial charge is 0.494 e. The minimum Gasteiger partial charge on any atom is -0.494 e. The van der Waals surface area contributed by atoms with E-state index in [1.807, 2.05) is 25.2 Å². The maximum Gasteiger partial charge on any atom is 0.165 e. The lowest BCUT2D eigenvalue weighted by atomic mass is 9.99. The maximum atomic E-state index is 13.8. The number of halogens is 1. The van der Waals surface area contributed by atoms with E-state index < -0.39 is 0 Å². The summed E-state index contributed by atoms with van der Waals surface area (Å²) in [6.07, 6.45) is 2.09. The quantitative estimate of drug-likeness (QED) is 0.865. The lowest BCUT2D eigenvalue weighted by Crippen LogP contribution is -2.21. The van der Waals surface area contributed by atoms with Crippen molar-refractivity contribution in [3.63, 3.8) is 0 Å². The lowest BCUT2D eigenvalue weighted by molar-refractivity contribution is 0.386. The van der Waals surface area contributed by atoms with Crippen molar-refractivity contribution in [1.29, 1.82) is 0 Å². The number of hydrogen-bond donors (Lipinski definition) is 1. The number of aryl methyl sites for hydroxylation is 1. The highest BCUT2D eigenvalue weighted by Crippen LogP contribution is 2.26. The first-order chi connectivity index (χ1) is 10.1. The van der Waals surface area contributed by atoms with Gasteiger partial charge in [0, 0.05) is 6.04 Å². The Morgan fingerprint density at radius 3 is 2.57 bits per heavy atom. The smallest absolute Gasteiger partial charge is 0.165 e. The molecule has 0 aliphatic heterocycles. The second-order valence-corrected chi connectivity index (χ2v) is 5.28. The Balaban J connectivity index is 2.18. The molecule has 3 heteroatoms. The number of nitrogens with one attached hydrogen (secondary N) is 1. The van der Waals surface area contributed by atoms with Gasteiger partial charge in [-0.25, -0.2) is 4.39 Å². The molecular weight excluding hydrogens is 265 g/mol. The van der Waals surface area contributed by atoms with Crippen LogP contribution in [0.4, 0.5) is 4.39 Å². The average molecular weight is 287 g/mol. The van der Waals surface area contributed by atoms with Gasteiger partial charge in [-0.2, -0.15) is 0 Å². The van der Waals surface area contributed by atoms with Crippen molar-refractivity contribution < 1.29 is 9.13 Å². The van der Waals surface area contributed by atoms with E-state index in [4.69, 9.17) is 4.74 Å². The molecule has 0 bridgehead atoms. The zero-order valence-corrected chi connectivity index (χ0v) is 12.8. The first kappa shape index (κ1) is 15.5. The van der Waals surface area contributed by atoms with Crippen LogP contribution in [0.2, 0.25) is 0 Å². The third-order valence-electron chi connectivity index (χ3n) is 3.77. The molecule has 0 saturated carbocycles. The van der Waals surface area contributed by atoms with Gasteiger partial charge in [-0.3, -0.25) is 0 Å². The van der Waals surface area contributed by atoms with E-state index in [1.54, 1.807) is 6.07 Å². The normalized spacial score (nSPS) is 12.2. The summed E-state index contributed by atoms with van der Waals surface area (Å²) in [5.41, 5.74) is 3.17. The molecule has 1 N–H and O–H groups in total. The molecule has 2 aromatic carbocycles. The fourth-order valence-electron chi connectivity index (χ4n) is 2.28. The molecule has 0 radical (unpaired) electrons. The summed E-state index contributed by atoms with van der Waals surface area (Å²) < 4.78 is 18.8. The van der Waals surface area contributed by atoms with Crippen LogP contribution in [0.25, 0.3) is 11.1 Å². The summed E-state index contributed by atoms with van der Waals surface area (Å²) in [5, 5.41) is 3.24. The van der Waals surface area contributed by atoms with Crippen LogP contribution in [0.15, 0.2) is 42.5 Å². The van der Waals surface area contributed by atoms with Crippen LogP contribution in [-0.2, 0) is 6.42 Å². The molecule has 0 aliphatic rings. The fraction of sp³-hybridized carbons (Fsp3) is 0.333. The van der Waals surface area contributed by atoms with Gasteiger partial charge in [0.25, 0.3) is 0 Å². The van der Waals surface area contributed by atoms with Gasteiger partial charge in [-0.1, -0.05) is 30.3 Å². The van der Waals surface area contributed by atoms with Gasteiger partial charge in [0.1, 0.15) is 0 Å².